The van der Waals surface area contributed by atoms with E-state index in [1.807, 2.05) is 0 Å². The first kappa shape index (κ1) is 16.9. The van der Waals surface area contributed by atoms with Crippen LogP contribution in [0.2, 0.25) is 0 Å². The minimum atomic E-state index is -0.212. The molecule has 21 heavy (non-hydrogen) atoms. The van der Waals surface area contributed by atoms with Gasteiger partial charge in [0.25, 0.3) is 0 Å². The van der Waals surface area contributed by atoms with Crippen molar-refractivity contribution in [2.75, 3.05) is 20.3 Å². The topological polar surface area (TPSA) is 54.4 Å². The molecule has 120 valence electrons. The third-order valence-electron chi connectivity index (χ3n) is 4.37. The fourth-order valence-electron chi connectivity index (χ4n) is 3.06. The second-order valence-corrected chi connectivity index (χ2v) is 7.16. The summed E-state index contributed by atoms with van der Waals surface area (Å²) in [5.74, 6) is 0.490. The molecule has 4 nitrogen and oxygen atoms in total. The van der Waals surface area contributed by atoms with Gasteiger partial charge in [-0.25, -0.2) is 4.98 Å². The number of nitrogens with one attached hydrogen (secondary N) is 1. The molecule has 0 bridgehead atoms. The van der Waals surface area contributed by atoms with E-state index >= 15 is 0 Å². The van der Waals surface area contributed by atoms with Crippen molar-refractivity contribution < 1.29 is 9.84 Å². The van der Waals surface area contributed by atoms with Gasteiger partial charge in [-0.1, -0.05) is 12.8 Å². The molecule has 2 rings (SSSR count). The minimum Gasteiger partial charge on any atom is -0.392 e. The van der Waals surface area contributed by atoms with Gasteiger partial charge in [-0.2, -0.15) is 0 Å². The molecule has 0 spiro atoms. The van der Waals surface area contributed by atoms with Gasteiger partial charge < -0.3 is 15.2 Å². The van der Waals surface area contributed by atoms with Crippen LogP contribution in [0.15, 0.2) is 0 Å². The number of methoxy groups -OCH3 is 1. The Bertz CT molecular complexity index is 430. The molecule has 0 amide bonds. The van der Waals surface area contributed by atoms with Crippen LogP contribution in [0.4, 0.5) is 0 Å². The number of aryl methyl sites for hydroxylation is 1. The van der Waals surface area contributed by atoms with Crippen LogP contribution in [-0.4, -0.2) is 36.5 Å². The summed E-state index contributed by atoms with van der Waals surface area (Å²) in [7, 11) is 1.72. The van der Waals surface area contributed by atoms with Crippen LogP contribution in [0.5, 0.6) is 0 Å². The summed E-state index contributed by atoms with van der Waals surface area (Å²) in [5, 5.41) is 14.9. The van der Waals surface area contributed by atoms with Crippen molar-refractivity contribution in [1.82, 2.24) is 10.3 Å². The van der Waals surface area contributed by atoms with E-state index in [0.717, 1.165) is 17.1 Å². The van der Waals surface area contributed by atoms with Crippen molar-refractivity contribution in [1.29, 1.82) is 0 Å². The van der Waals surface area contributed by atoms with Crippen molar-refractivity contribution in [2.45, 2.75) is 58.1 Å². The van der Waals surface area contributed by atoms with Crippen LogP contribution >= 0.6 is 11.3 Å². The van der Waals surface area contributed by atoms with Crippen LogP contribution in [0.3, 0.4) is 0 Å². The Balaban J connectivity index is 1.84. The predicted octanol–water partition coefficient (Wildman–Crippen LogP) is 2.84. The highest BCUT2D eigenvalue weighted by Gasteiger charge is 2.24. The number of hydrogen-bond donors (Lipinski definition) is 2. The number of rotatable bonds is 8. The molecule has 1 aliphatic carbocycles. The smallest absolute Gasteiger partial charge is 0.0954 e. The maximum Gasteiger partial charge on any atom is 0.0954 e. The van der Waals surface area contributed by atoms with Gasteiger partial charge >= 0.3 is 0 Å². The molecule has 1 heterocycles. The lowest BCUT2D eigenvalue weighted by atomic mass is 10.0. The second-order valence-electron chi connectivity index (χ2n) is 6.04. The molecule has 2 atom stereocenters. The highest BCUT2D eigenvalue weighted by Crippen LogP contribution is 2.29. The van der Waals surface area contributed by atoms with Gasteiger partial charge in [-0.05, 0) is 32.6 Å². The zero-order valence-corrected chi connectivity index (χ0v) is 14.2. The number of aromatic nitrogens is 1. The Labute approximate surface area is 131 Å². The van der Waals surface area contributed by atoms with Crippen molar-refractivity contribution >= 4 is 11.3 Å². The molecule has 0 saturated heterocycles. The van der Waals surface area contributed by atoms with Gasteiger partial charge in [0, 0.05) is 31.0 Å². The van der Waals surface area contributed by atoms with Crippen molar-refractivity contribution in [2.24, 2.45) is 5.92 Å². The van der Waals surface area contributed by atoms with E-state index in [1.54, 1.807) is 18.4 Å². The summed E-state index contributed by atoms with van der Waals surface area (Å²) in [4.78, 5) is 5.89. The quantitative estimate of drug-likeness (QED) is 0.775. The number of aliphatic hydroxyl groups excluding tert-OH is 1. The van der Waals surface area contributed by atoms with Gasteiger partial charge in [0.2, 0.25) is 0 Å². The van der Waals surface area contributed by atoms with E-state index in [4.69, 9.17) is 4.74 Å². The molecule has 1 fully saturated rings. The summed E-state index contributed by atoms with van der Waals surface area (Å²) in [5.41, 5.74) is 1.10. The number of nitrogens with zero attached hydrogens (tertiary/aromatic N) is 1. The Kier molecular flexibility index (Phi) is 6.61. The molecule has 5 heteroatoms. The van der Waals surface area contributed by atoms with Gasteiger partial charge in [0.15, 0.2) is 0 Å². The molecular weight excluding hydrogens is 284 g/mol. The van der Waals surface area contributed by atoms with Crippen molar-refractivity contribution in [3.63, 3.8) is 0 Å². The largest absolute Gasteiger partial charge is 0.392 e. The highest BCUT2D eigenvalue weighted by molar-refractivity contribution is 7.11. The lowest BCUT2D eigenvalue weighted by molar-refractivity contribution is 0.107. The standard InChI is InChI=1S/C16H28N2O2S/c1-11(17-10-14(19)13-6-4-5-7-13)16-12(2)18-15(21-16)8-9-20-3/h11,13-14,17,19H,4-10H2,1-3H3. The molecule has 2 N–H and O–H groups in total. The molecule has 0 radical (unpaired) electrons. The summed E-state index contributed by atoms with van der Waals surface area (Å²) in [6.07, 6.45) is 5.56. The van der Waals surface area contributed by atoms with Crippen molar-refractivity contribution in [3.05, 3.63) is 15.6 Å². The van der Waals surface area contributed by atoms with E-state index in [0.29, 0.717) is 19.1 Å². The first-order valence-electron chi connectivity index (χ1n) is 7.98. The Hall–Kier alpha value is -0.490. The molecule has 0 aromatic carbocycles. The molecule has 1 aromatic heterocycles. The van der Waals surface area contributed by atoms with Gasteiger partial charge in [0.1, 0.15) is 0 Å². The molecule has 2 unspecified atom stereocenters. The van der Waals surface area contributed by atoms with Crippen LogP contribution in [-0.2, 0) is 11.2 Å². The van der Waals surface area contributed by atoms with Crippen LogP contribution in [0.25, 0.3) is 0 Å². The summed E-state index contributed by atoms with van der Waals surface area (Å²) < 4.78 is 5.11. The monoisotopic (exact) mass is 312 g/mol. The minimum absolute atomic E-state index is 0.212. The average molecular weight is 312 g/mol. The SMILES string of the molecule is COCCc1nc(C)c(C(C)NCC(O)C2CCCC2)s1. The lowest BCUT2D eigenvalue weighted by Gasteiger charge is -2.21. The Morgan fingerprint density at radius 3 is 2.81 bits per heavy atom. The van der Waals surface area contributed by atoms with Crippen LogP contribution in [0.1, 0.15) is 54.2 Å². The highest BCUT2D eigenvalue weighted by atomic mass is 32.1. The molecule has 1 aromatic rings. The lowest BCUT2D eigenvalue weighted by Crippen LogP contribution is -2.33. The number of thiazole rings is 1. The normalized spacial score (nSPS) is 19.0. The summed E-state index contributed by atoms with van der Waals surface area (Å²) in [6, 6.07) is 0.245. The van der Waals surface area contributed by atoms with E-state index in [1.165, 1.54) is 30.6 Å². The second kappa shape index (κ2) is 8.22. The number of ether oxygens (including phenoxy) is 1. The van der Waals surface area contributed by atoms with E-state index in [9.17, 15) is 5.11 Å². The van der Waals surface area contributed by atoms with Gasteiger partial charge in [0.05, 0.1) is 23.4 Å². The van der Waals surface area contributed by atoms with Crippen LogP contribution < -0.4 is 5.32 Å². The average Bonchev–Trinajstić information content (AvgIpc) is 3.11. The maximum atomic E-state index is 10.2. The fraction of sp³-hybridized carbons (Fsp3) is 0.812. The first-order valence-corrected chi connectivity index (χ1v) is 8.80. The molecular formula is C16H28N2O2S. The first-order chi connectivity index (χ1) is 10.1. The van der Waals surface area contributed by atoms with E-state index in [-0.39, 0.29) is 12.1 Å². The van der Waals surface area contributed by atoms with Gasteiger partial charge in [-0.3, -0.25) is 0 Å². The fourth-order valence-corrected chi connectivity index (χ4v) is 4.14. The van der Waals surface area contributed by atoms with Crippen LogP contribution in [0, 0.1) is 12.8 Å². The third-order valence-corrected chi connectivity index (χ3v) is 5.77. The Morgan fingerprint density at radius 1 is 1.43 bits per heavy atom. The zero-order valence-electron chi connectivity index (χ0n) is 13.4. The zero-order chi connectivity index (χ0) is 15.2. The predicted molar refractivity (Wildman–Crippen MR) is 86.8 cm³/mol. The molecule has 1 aliphatic rings. The number of aliphatic hydroxyl groups is 1. The summed E-state index contributed by atoms with van der Waals surface area (Å²) in [6.45, 7) is 5.61. The Morgan fingerprint density at radius 2 is 2.14 bits per heavy atom. The maximum absolute atomic E-state index is 10.2. The van der Waals surface area contributed by atoms with Crippen molar-refractivity contribution in [3.8, 4) is 0 Å². The summed E-state index contributed by atoms with van der Waals surface area (Å²) >= 11 is 1.76. The number of hydrogen-bond acceptors (Lipinski definition) is 5. The van der Waals surface area contributed by atoms with E-state index in [2.05, 4.69) is 24.1 Å². The third kappa shape index (κ3) is 4.74. The van der Waals surface area contributed by atoms with Gasteiger partial charge in [-0.15, -0.1) is 11.3 Å². The molecule has 1 saturated carbocycles. The van der Waals surface area contributed by atoms with E-state index < -0.39 is 0 Å². The molecule has 0 aliphatic heterocycles.